The third kappa shape index (κ3) is 1.56. The second-order valence-electron chi connectivity index (χ2n) is 1.36. The Hall–Kier alpha value is -0.280. The highest BCUT2D eigenvalue weighted by Crippen LogP contribution is 2.21. The molecular formula is C5H4BrClN2. The van der Waals surface area contributed by atoms with Gasteiger partial charge in [-0.2, -0.15) is 0 Å². The Morgan fingerprint density at radius 1 is 1.89 bits per heavy atom. The van der Waals surface area contributed by atoms with Crippen molar-refractivity contribution in [3.63, 3.8) is 0 Å². The molecule has 0 aromatic carbocycles. The maximum absolute atomic E-state index is 7.25. The fourth-order valence-electron chi connectivity index (χ4n) is 0.354. The Morgan fingerprint density at radius 3 is 3.22 bits per heavy atom. The van der Waals surface area contributed by atoms with Crippen LogP contribution < -0.4 is 5.73 Å². The standard InChI is InChI=1S/C5H4BrClN2/c6-3-2-9-5(8)1-4(3)7/h1-2H,(H2,8,9)/i1D,2D. The lowest BCUT2D eigenvalue weighted by atomic mass is 10.5. The third-order valence-corrected chi connectivity index (χ3v) is 1.79. The molecule has 2 nitrogen and oxygen atoms in total. The average Bonchev–Trinajstić information content (AvgIpc) is 1.97. The summed E-state index contributed by atoms with van der Waals surface area (Å²) in [6, 6.07) is -0.0467. The van der Waals surface area contributed by atoms with E-state index in [0.717, 1.165) is 0 Å². The number of nitrogens with two attached hydrogens (primary N) is 1. The first kappa shape index (κ1) is 4.52. The van der Waals surface area contributed by atoms with Gasteiger partial charge in [0.05, 0.1) is 12.2 Å². The molecule has 1 aromatic heterocycles. The molecule has 1 aromatic rings. The van der Waals surface area contributed by atoms with Crippen molar-refractivity contribution in [1.29, 1.82) is 0 Å². The summed E-state index contributed by atoms with van der Waals surface area (Å²) in [5.74, 6) is -0.0248. The SMILES string of the molecule is [2H]c1nc(N)c([2H])c(Cl)c1Br. The zero-order chi connectivity index (χ0) is 8.59. The monoisotopic (exact) mass is 208 g/mol. The smallest absolute Gasteiger partial charge is 0.124 e. The molecule has 0 unspecified atom stereocenters. The molecule has 0 aliphatic rings. The zero-order valence-electron chi connectivity index (χ0n) is 6.28. The van der Waals surface area contributed by atoms with Crippen LogP contribution in [0.1, 0.15) is 2.74 Å². The molecule has 0 fully saturated rings. The van der Waals surface area contributed by atoms with E-state index in [1.54, 1.807) is 0 Å². The number of hydrogen-bond donors (Lipinski definition) is 1. The molecule has 4 heteroatoms. The summed E-state index contributed by atoms with van der Waals surface area (Å²) in [6.07, 6.45) is -0.0523. The molecule has 0 aliphatic carbocycles. The van der Waals surface area contributed by atoms with Gasteiger partial charge in [0.25, 0.3) is 0 Å². The summed E-state index contributed by atoms with van der Waals surface area (Å²) in [5.41, 5.74) is 5.27. The van der Waals surface area contributed by atoms with E-state index in [0.29, 0.717) is 4.47 Å². The number of hydrogen-bond acceptors (Lipinski definition) is 2. The number of rotatable bonds is 0. The topological polar surface area (TPSA) is 38.9 Å². The highest BCUT2D eigenvalue weighted by atomic mass is 79.9. The van der Waals surface area contributed by atoms with Crippen LogP contribution in [-0.4, -0.2) is 4.98 Å². The van der Waals surface area contributed by atoms with Crippen LogP contribution in [0.5, 0.6) is 0 Å². The summed E-state index contributed by atoms with van der Waals surface area (Å²) >= 11 is 8.62. The Morgan fingerprint density at radius 2 is 2.56 bits per heavy atom. The minimum Gasteiger partial charge on any atom is -0.384 e. The number of pyridine rings is 1. The maximum atomic E-state index is 7.25. The average molecular weight is 209 g/mol. The molecule has 48 valence electrons. The molecule has 0 amide bonds. The Balaban J connectivity index is 3.46. The molecule has 0 spiro atoms. The number of anilines is 1. The van der Waals surface area contributed by atoms with Crippen molar-refractivity contribution in [3.8, 4) is 0 Å². The van der Waals surface area contributed by atoms with Gasteiger partial charge in [-0.25, -0.2) is 4.98 Å². The zero-order valence-corrected chi connectivity index (χ0v) is 6.62. The van der Waals surface area contributed by atoms with Crippen LogP contribution in [-0.2, 0) is 0 Å². The molecule has 0 bridgehead atoms. The first-order chi connectivity index (χ1) is 5.04. The second kappa shape index (κ2) is 2.54. The molecule has 0 saturated heterocycles. The Labute approximate surface area is 69.0 Å². The van der Waals surface area contributed by atoms with Crippen molar-refractivity contribution in [2.75, 3.05) is 5.73 Å². The molecule has 0 saturated carbocycles. The van der Waals surface area contributed by atoms with E-state index in [1.807, 2.05) is 0 Å². The molecule has 1 rings (SSSR count). The number of halogens is 2. The minimum absolute atomic E-state index is 0.0248. The van der Waals surface area contributed by atoms with Crippen molar-refractivity contribution >= 4 is 33.3 Å². The van der Waals surface area contributed by atoms with Gasteiger partial charge in [0, 0.05) is 12.2 Å². The van der Waals surface area contributed by atoms with Crippen LogP contribution in [0.2, 0.25) is 5.02 Å². The van der Waals surface area contributed by atoms with Crippen molar-refractivity contribution in [1.82, 2.24) is 4.98 Å². The molecule has 1 heterocycles. The van der Waals surface area contributed by atoms with Crippen LogP contribution in [0.25, 0.3) is 0 Å². The van der Waals surface area contributed by atoms with E-state index in [9.17, 15) is 0 Å². The highest BCUT2D eigenvalue weighted by Gasteiger charge is 1.94. The van der Waals surface area contributed by atoms with E-state index in [2.05, 4.69) is 20.9 Å². The van der Waals surface area contributed by atoms with Gasteiger partial charge in [-0.1, -0.05) is 11.6 Å². The number of nitrogen functional groups attached to an aromatic ring is 1. The van der Waals surface area contributed by atoms with Crippen LogP contribution in [0, 0.1) is 0 Å². The molecule has 0 aliphatic heterocycles. The first-order valence-corrected chi connectivity index (χ1v) is 3.28. The van der Waals surface area contributed by atoms with Crippen LogP contribution >= 0.6 is 27.5 Å². The lowest BCUT2D eigenvalue weighted by molar-refractivity contribution is 1.32. The number of aromatic nitrogens is 1. The van der Waals surface area contributed by atoms with Crippen LogP contribution in [0.3, 0.4) is 0 Å². The number of nitrogens with zero attached hydrogens (tertiary/aromatic N) is 1. The van der Waals surface area contributed by atoms with Gasteiger partial charge in [0.1, 0.15) is 5.82 Å². The van der Waals surface area contributed by atoms with Gasteiger partial charge in [0.15, 0.2) is 0 Å². The summed E-state index contributed by atoms with van der Waals surface area (Å²) in [4.78, 5) is 3.56. The predicted octanol–water partition coefficient (Wildman–Crippen LogP) is 2.08. The lowest BCUT2D eigenvalue weighted by Crippen LogP contribution is -1.87. The highest BCUT2D eigenvalue weighted by molar-refractivity contribution is 9.10. The molecule has 9 heavy (non-hydrogen) atoms. The summed E-state index contributed by atoms with van der Waals surface area (Å²) in [6.45, 7) is 0. The largest absolute Gasteiger partial charge is 0.384 e. The minimum atomic E-state index is -0.0523. The summed E-state index contributed by atoms with van der Waals surface area (Å²) in [5, 5.41) is 0.127. The van der Waals surface area contributed by atoms with Crippen molar-refractivity contribution < 1.29 is 2.74 Å². The normalized spacial score (nSPS) is 12.7. The first-order valence-electron chi connectivity index (χ1n) is 3.11. The predicted molar refractivity (Wildman–Crippen MR) is 41.4 cm³/mol. The van der Waals surface area contributed by atoms with E-state index in [4.69, 9.17) is 20.1 Å². The molecule has 2 N–H and O–H groups in total. The van der Waals surface area contributed by atoms with Crippen molar-refractivity contribution in [2.45, 2.75) is 0 Å². The van der Waals surface area contributed by atoms with Gasteiger partial charge in [-0.15, -0.1) is 0 Å². The van der Waals surface area contributed by atoms with E-state index in [1.165, 1.54) is 0 Å². The van der Waals surface area contributed by atoms with Crippen LogP contribution in [0.15, 0.2) is 16.7 Å². The lowest BCUT2D eigenvalue weighted by Gasteiger charge is -1.93. The molecular weight excluding hydrogens is 203 g/mol. The van der Waals surface area contributed by atoms with Gasteiger partial charge < -0.3 is 5.73 Å². The Bertz CT molecular complexity index is 279. The Kier molecular flexibility index (Phi) is 1.28. The van der Waals surface area contributed by atoms with E-state index in [-0.39, 0.29) is 23.1 Å². The van der Waals surface area contributed by atoms with Crippen molar-refractivity contribution in [3.05, 3.63) is 21.7 Å². The quantitative estimate of drug-likeness (QED) is 0.710. The van der Waals surface area contributed by atoms with E-state index < -0.39 is 0 Å². The maximum Gasteiger partial charge on any atom is 0.124 e. The summed E-state index contributed by atoms with van der Waals surface area (Å²) < 4.78 is 14.7. The van der Waals surface area contributed by atoms with Gasteiger partial charge >= 0.3 is 0 Å². The van der Waals surface area contributed by atoms with Gasteiger partial charge in [-0.3, -0.25) is 0 Å². The molecule has 0 atom stereocenters. The second-order valence-corrected chi connectivity index (χ2v) is 2.53. The van der Waals surface area contributed by atoms with Gasteiger partial charge in [-0.05, 0) is 15.9 Å². The fraction of sp³-hybridized carbons (Fsp3) is 0. The molecule has 0 radical (unpaired) electrons. The van der Waals surface area contributed by atoms with Crippen molar-refractivity contribution in [2.24, 2.45) is 0 Å². The summed E-state index contributed by atoms with van der Waals surface area (Å²) in [7, 11) is 0. The fourth-order valence-corrected chi connectivity index (χ4v) is 0.681. The van der Waals surface area contributed by atoms with E-state index >= 15 is 0 Å². The third-order valence-electron chi connectivity index (χ3n) is 0.705. The van der Waals surface area contributed by atoms with Crippen LogP contribution in [0.4, 0.5) is 5.82 Å². The van der Waals surface area contributed by atoms with Gasteiger partial charge in [0.2, 0.25) is 0 Å².